The molecule has 1 atom stereocenters. The molecule has 0 amide bonds. The minimum Gasteiger partial charge on any atom is -0.548 e. The van der Waals surface area contributed by atoms with Gasteiger partial charge in [0.1, 0.15) is 5.75 Å². The van der Waals surface area contributed by atoms with E-state index in [1.54, 1.807) is 0 Å². The van der Waals surface area contributed by atoms with Crippen LogP contribution in [-0.2, 0) is 14.8 Å². The van der Waals surface area contributed by atoms with Gasteiger partial charge in [-0.05, 0) is 37.1 Å². The van der Waals surface area contributed by atoms with Crippen LogP contribution in [0.15, 0.2) is 29.2 Å². The number of rotatable bonds is 4. The molecule has 1 aliphatic rings. The molecule has 110 valence electrons. The Kier molecular flexibility index (Phi) is 4.29. The van der Waals surface area contributed by atoms with Crippen molar-refractivity contribution in [3.8, 4) is 5.75 Å². The van der Waals surface area contributed by atoms with E-state index < -0.39 is 22.0 Å². The first-order chi connectivity index (χ1) is 9.46. The second kappa shape index (κ2) is 5.80. The Bertz CT molecular complexity index is 581. The van der Waals surface area contributed by atoms with Gasteiger partial charge in [0.05, 0.1) is 24.0 Å². The number of carboxylic acids is 1. The highest BCUT2D eigenvalue weighted by Crippen LogP contribution is 2.26. The molecule has 0 aliphatic carbocycles. The van der Waals surface area contributed by atoms with Crippen LogP contribution in [0.1, 0.15) is 19.3 Å². The number of carbonyl (C=O) groups is 1. The average Bonchev–Trinajstić information content (AvgIpc) is 2.47. The summed E-state index contributed by atoms with van der Waals surface area (Å²) in [4.78, 5) is 11.2. The lowest BCUT2D eigenvalue weighted by Crippen LogP contribution is -2.52. The van der Waals surface area contributed by atoms with Gasteiger partial charge >= 0.3 is 0 Å². The van der Waals surface area contributed by atoms with E-state index in [9.17, 15) is 18.3 Å². The second-order valence-electron chi connectivity index (χ2n) is 4.62. The molecule has 0 aromatic heterocycles. The van der Waals surface area contributed by atoms with Gasteiger partial charge in [-0.2, -0.15) is 4.31 Å². The zero-order valence-electron chi connectivity index (χ0n) is 11.1. The largest absolute Gasteiger partial charge is 0.548 e. The molecule has 0 radical (unpaired) electrons. The lowest BCUT2D eigenvalue weighted by Gasteiger charge is -2.35. The molecule has 0 unspecified atom stereocenters. The zero-order valence-corrected chi connectivity index (χ0v) is 11.9. The lowest BCUT2D eigenvalue weighted by atomic mass is 10.1. The van der Waals surface area contributed by atoms with Gasteiger partial charge in [-0.15, -0.1) is 0 Å². The minimum atomic E-state index is -3.82. The number of nitrogens with zero attached hydrogens (tertiary/aromatic N) is 1. The Morgan fingerprint density at radius 3 is 2.50 bits per heavy atom. The highest BCUT2D eigenvalue weighted by Gasteiger charge is 2.34. The molecule has 1 aliphatic heterocycles. The standard InChI is InChI=1S/C13H17NO5S/c1-19-10-5-7-11(8-6-10)20(17,18)14-9-3-2-4-12(14)13(15)16/h5-8,12H,2-4,9H2,1H3,(H,15,16)/p-1/t12-/m0/s1. The maximum Gasteiger partial charge on any atom is 0.243 e. The monoisotopic (exact) mass is 298 g/mol. The molecule has 0 N–H and O–H groups in total. The van der Waals surface area contributed by atoms with E-state index >= 15 is 0 Å². The van der Waals surface area contributed by atoms with Gasteiger partial charge in [-0.3, -0.25) is 0 Å². The Labute approximate surface area is 118 Å². The Balaban J connectivity index is 2.34. The molecular weight excluding hydrogens is 282 g/mol. The van der Waals surface area contributed by atoms with E-state index in [-0.39, 0.29) is 17.9 Å². The van der Waals surface area contributed by atoms with E-state index in [4.69, 9.17) is 4.74 Å². The van der Waals surface area contributed by atoms with E-state index in [2.05, 4.69) is 0 Å². The summed E-state index contributed by atoms with van der Waals surface area (Å²) in [6.45, 7) is 0.201. The van der Waals surface area contributed by atoms with Gasteiger partial charge in [-0.1, -0.05) is 6.42 Å². The van der Waals surface area contributed by atoms with Crippen molar-refractivity contribution < 1.29 is 23.1 Å². The second-order valence-corrected chi connectivity index (χ2v) is 6.51. The Hall–Kier alpha value is -1.60. The molecule has 2 rings (SSSR count). The van der Waals surface area contributed by atoms with Crippen LogP contribution in [0.2, 0.25) is 0 Å². The number of methoxy groups -OCH3 is 1. The first-order valence-electron chi connectivity index (χ1n) is 6.33. The first-order valence-corrected chi connectivity index (χ1v) is 7.77. The summed E-state index contributed by atoms with van der Waals surface area (Å²) in [5.41, 5.74) is 0. The normalized spacial score (nSPS) is 20.6. The molecule has 7 heteroatoms. The maximum atomic E-state index is 12.5. The highest BCUT2D eigenvalue weighted by molar-refractivity contribution is 7.89. The molecule has 1 heterocycles. The summed E-state index contributed by atoms with van der Waals surface area (Å²) >= 11 is 0. The van der Waals surface area contributed by atoms with Crippen molar-refractivity contribution in [1.82, 2.24) is 4.31 Å². The van der Waals surface area contributed by atoms with Crippen LogP contribution >= 0.6 is 0 Å². The summed E-state index contributed by atoms with van der Waals surface area (Å²) in [5.74, 6) is -0.805. The SMILES string of the molecule is COc1ccc(S(=O)(=O)N2CCCC[C@H]2C(=O)[O-])cc1. The van der Waals surface area contributed by atoms with E-state index in [0.717, 1.165) is 4.31 Å². The molecule has 6 nitrogen and oxygen atoms in total. The van der Waals surface area contributed by atoms with Crippen molar-refractivity contribution in [1.29, 1.82) is 0 Å². The van der Waals surface area contributed by atoms with Crippen molar-refractivity contribution in [2.45, 2.75) is 30.2 Å². The van der Waals surface area contributed by atoms with Crippen molar-refractivity contribution >= 4 is 16.0 Å². The first kappa shape index (κ1) is 14.8. The summed E-state index contributed by atoms with van der Waals surface area (Å²) in [6.07, 6.45) is 1.63. The van der Waals surface area contributed by atoms with Gasteiger partial charge in [0, 0.05) is 6.54 Å². The number of ether oxygens (including phenoxy) is 1. The number of aliphatic carboxylic acids is 1. The highest BCUT2D eigenvalue weighted by atomic mass is 32.2. The quantitative estimate of drug-likeness (QED) is 0.780. The molecule has 1 aromatic carbocycles. The predicted octanol–water partition coefficient (Wildman–Crippen LogP) is -0.0117. The lowest BCUT2D eigenvalue weighted by molar-refractivity contribution is -0.311. The maximum absolute atomic E-state index is 12.5. The van der Waals surface area contributed by atoms with Gasteiger partial charge in [-0.25, -0.2) is 8.42 Å². The van der Waals surface area contributed by atoms with Gasteiger partial charge < -0.3 is 14.6 Å². The van der Waals surface area contributed by atoms with Crippen LogP contribution in [0, 0.1) is 0 Å². The van der Waals surface area contributed by atoms with Crippen molar-refractivity contribution in [3.05, 3.63) is 24.3 Å². The molecule has 1 fully saturated rings. The smallest absolute Gasteiger partial charge is 0.243 e. The average molecular weight is 298 g/mol. The predicted molar refractivity (Wildman–Crippen MR) is 69.5 cm³/mol. The number of carbonyl (C=O) groups excluding carboxylic acids is 1. The van der Waals surface area contributed by atoms with Crippen LogP contribution in [0.3, 0.4) is 0 Å². The number of hydrogen-bond donors (Lipinski definition) is 0. The van der Waals surface area contributed by atoms with E-state index in [1.165, 1.54) is 31.4 Å². The number of hydrogen-bond acceptors (Lipinski definition) is 5. The fourth-order valence-corrected chi connectivity index (χ4v) is 3.96. The van der Waals surface area contributed by atoms with Crippen molar-refractivity contribution in [2.24, 2.45) is 0 Å². The summed E-state index contributed by atoms with van der Waals surface area (Å²) in [7, 11) is -2.34. The molecule has 0 bridgehead atoms. The fourth-order valence-electron chi connectivity index (χ4n) is 2.31. The fraction of sp³-hybridized carbons (Fsp3) is 0.462. The zero-order chi connectivity index (χ0) is 14.8. The molecule has 1 saturated heterocycles. The summed E-state index contributed by atoms with van der Waals surface area (Å²) < 4.78 is 31.0. The molecule has 20 heavy (non-hydrogen) atoms. The van der Waals surface area contributed by atoms with Crippen LogP contribution in [0.25, 0.3) is 0 Å². The third kappa shape index (κ3) is 2.78. The minimum absolute atomic E-state index is 0.0615. The summed E-state index contributed by atoms with van der Waals surface area (Å²) in [5, 5.41) is 11.1. The Morgan fingerprint density at radius 1 is 1.30 bits per heavy atom. The number of carboxylic acid groups (broad SMARTS) is 1. The summed E-state index contributed by atoms with van der Waals surface area (Å²) in [6, 6.07) is 4.80. The van der Waals surface area contributed by atoms with E-state index in [0.29, 0.717) is 18.6 Å². The van der Waals surface area contributed by atoms with Crippen molar-refractivity contribution in [2.75, 3.05) is 13.7 Å². The molecule has 0 saturated carbocycles. The van der Waals surface area contributed by atoms with Crippen molar-refractivity contribution in [3.63, 3.8) is 0 Å². The number of sulfonamides is 1. The van der Waals surface area contributed by atoms with Gasteiger partial charge in [0.2, 0.25) is 10.0 Å². The Morgan fingerprint density at radius 2 is 1.95 bits per heavy atom. The van der Waals surface area contributed by atoms with Gasteiger partial charge in [0.15, 0.2) is 0 Å². The van der Waals surface area contributed by atoms with Gasteiger partial charge in [0.25, 0.3) is 0 Å². The van der Waals surface area contributed by atoms with E-state index in [1.807, 2.05) is 0 Å². The molecular formula is C13H16NO5S-. The number of benzene rings is 1. The molecule has 1 aromatic rings. The van der Waals surface area contributed by atoms with Crippen LogP contribution in [0.5, 0.6) is 5.75 Å². The topological polar surface area (TPSA) is 86.7 Å². The van der Waals surface area contributed by atoms with Crippen LogP contribution < -0.4 is 9.84 Å². The van der Waals surface area contributed by atoms with Crippen LogP contribution in [0.4, 0.5) is 0 Å². The third-order valence-electron chi connectivity index (χ3n) is 3.39. The number of piperidine rings is 1. The van der Waals surface area contributed by atoms with Crippen LogP contribution in [-0.4, -0.2) is 38.4 Å². The molecule has 0 spiro atoms. The third-order valence-corrected chi connectivity index (χ3v) is 5.31.